The molecule has 0 unspecified atom stereocenters. The van der Waals surface area contributed by atoms with Gasteiger partial charge in [0.25, 0.3) is 0 Å². The maximum Gasteiger partial charge on any atom is 0.243 e. The Bertz CT molecular complexity index is 874. The van der Waals surface area contributed by atoms with Crippen LogP contribution in [0.3, 0.4) is 0 Å². The van der Waals surface area contributed by atoms with E-state index in [4.69, 9.17) is 4.74 Å². The van der Waals surface area contributed by atoms with Crippen LogP contribution in [0.5, 0.6) is 5.75 Å². The minimum absolute atomic E-state index is 0.00488. The monoisotopic (exact) mass is 402 g/mol. The van der Waals surface area contributed by atoms with Crippen LogP contribution in [-0.2, 0) is 21.2 Å². The number of rotatable bonds is 7. The number of piperidine rings is 1. The third-order valence-electron chi connectivity index (χ3n) is 5.08. The number of carbonyl (C=O) groups excluding carboxylic acids is 1. The Morgan fingerprint density at radius 1 is 1.07 bits per heavy atom. The molecule has 0 saturated carbocycles. The smallest absolute Gasteiger partial charge is 0.243 e. The van der Waals surface area contributed by atoms with Crippen molar-refractivity contribution in [2.45, 2.75) is 24.2 Å². The first kappa shape index (κ1) is 20.4. The molecule has 1 heterocycles. The van der Waals surface area contributed by atoms with Crippen molar-refractivity contribution in [3.8, 4) is 5.75 Å². The Labute approximate surface area is 166 Å². The number of methoxy groups -OCH3 is 1. The Kier molecular flexibility index (Phi) is 6.70. The van der Waals surface area contributed by atoms with E-state index in [-0.39, 0.29) is 11.8 Å². The van der Waals surface area contributed by atoms with Crippen LogP contribution in [0.25, 0.3) is 0 Å². The lowest BCUT2D eigenvalue weighted by atomic mass is 9.97. The minimum Gasteiger partial charge on any atom is -0.497 e. The normalized spacial score (nSPS) is 15.9. The summed E-state index contributed by atoms with van der Waals surface area (Å²) >= 11 is 0. The topological polar surface area (TPSA) is 75.7 Å². The standard InChI is InChI=1S/C21H26N2O4S/c1-27-19-9-7-17(8-10-19)11-14-22-21(24)18-12-15-23(16-13-18)28(25,26)20-5-3-2-4-6-20/h2-10,18H,11-16H2,1H3,(H,22,24). The van der Waals surface area contributed by atoms with E-state index in [1.54, 1.807) is 37.4 Å². The zero-order valence-corrected chi connectivity index (χ0v) is 16.8. The summed E-state index contributed by atoms with van der Waals surface area (Å²) in [5, 5.41) is 2.98. The highest BCUT2D eigenvalue weighted by Gasteiger charge is 2.31. The zero-order valence-electron chi connectivity index (χ0n) is 16.0. The molecule has 3 rings (SSSR count). The van der Waals surface area contributed by atoms with Crippen molar-refractivity contribution in [3.63, 3.8) is 0 Å². The average molecular weight is 403 g/mol. The maximum absolute atomic E-state index is 12.7. The number of amides is 1. The molecule has 1 aliphatic rings. The molecule has 1 N–H and O–H groups in total. The van der Waals surface area contributed by atoms with Gasteiger partial charge in [0.05, 0.1) is 12.0 Å². The molecule has 0 aliphatic carbocycles. The van der Waals surface area contributed by atoms with E-state index in [9.17, 15) is 13.2 Å². The summed E-state index contributed by atoms with van der Waals surface area (Å²) in [7, 11) is -1.85. The van der Waals surface area contributed by atoms with Gasteiger partial charge in [-0.15, -0.1) is 0 Å². The third-order valence-corrected chi connectivity index (χ3v) is 6.99. The van der Waals surface area contributed by atoms with Crippen LogP contribution in [0.15, 0.2) is 59.5 Å². The molecule has 1 aliphatic heterocycles. The summed E-state index contributed by atoms with van der Waals surface area (Å²) in [6.07, 6.45) is 1.83. The van der Waals surface area contributed by atoms with Gasteiger partial charge < -0.3 is 10.1 Å². The molecule has 0 radical (unpaired) electrons. The van der Waals surface area contributed by atoms with Gasteiger partial charge in [-0.3, -0.25) is 4.79 Å². The molecule has 0 spiro atoms. The van der Waals surface area contributed by atoms with Gasteiger partial charge in [0.1, 0.15) is 5.75 Å². The molecule has 0 bridgehead atoms. The first-order valence-corrected chi connectivity index (χ1v) is 10.9. The lowest BCUT2D eigenvalue weighted by Gasteiger charge is -2.30. The Hall–Kier alpha value is -2.38. The Balaban J connectivity index is 1.46. The number of hydrogen-bond donors (Lipinski definition) is 1. The van der Waals surface area contributed by atoms with Crippen LogP contribution in [0, 0.1) is 5.92 Å². The van der Waals surface area contributed by atoms with Gasteiger partial charge in [-0.25, -0.2) is 8.42 Å². The quantitative estimate of drug-likeness (QED) is 0.772. The SMILES string of the molecule is COc1ccc(CCNC(=O)C2CCN(S(=O)(=O)c3ccccc3)CC2)cc1. The first-order chi connectivity index (χ1) is 13.5. The molecule has 2 aromatic rings. The molecule has 7 heteroatoms. The summed E-state index contributed by atoms with van der Waals surface area (Å²) in [4.78, 5) is 12.7. The fraction of sp³-hybridized carbons (Fsp3) is 0.381. The summed E-state index contributed by atoms with van der Waals surface area (Å²) in [5.41, 5.74) is 1.13. The van der Waals surface area contributed by atoms with Gasteiger partial charge in [0.2, 0.25) is 15.9 Å². The van der Waals surface area contributed by atoms with Gasteiger partial charge in [0, 0.05) is 25.6 Å². The van der Waals surface area contributed by atoms with Crippen LogP contribution >= 0.6 is 0 Å². The molecule has 28 heavy (non-hydrogen) atoms. The first-order valence-electron chi connectivity index (χ1n) is 9.46. The second-order valence-electron chi connectivity index (χ2n) is 6.88. The fourth-order valence-corrected chi connectivity index (χ4v) is 4.86. The number of hydrogen-bond acceptors (Lipinski definition) is 4. The van der Waals surface area contributed by atoms with Gasteiger partial charge >= 0.3 is 0 Å². The molecule has 0 atom stereocenters. The Morgan fingerprint density at radius 3 is 2.32 bits per heavy atom. The number of nitrogens with zero attached hydrogens (tertiary/aromatic N) is 1. The van der Waals surface area contributed by atoms with Gasteiger partial charge in [-0.2, -0.15) is 4.31 Å². The Morgan fingerprint density at radius 2 is 1.71 bits per heavy atom. The lowest BCUT2D eigenvalue weighted by molar-refractivity contribution is -0.126. The molecular weight excluding hydrogens is 376 g/mol. The molecule has 150 valence electrons. The molecular formula is C21H26N2O4S. The molecule has 1 fully saturated rings. The van der Waals surface area contributed by atoms with E-state index in [0.717, 1.165) is 17.7 Å². The number of benzene rings is 2. The van der Waals surface area contributed by atoms with Crippen LogP contribution in [0.2, 0.25) is 0 Å². The number of carbonyl (C=O) groups is 1. The number of ether oxygens (including phenoxy) is 1. The van der Waals surface area contributed by atoms with Crippen LogP contribution in [0.1, 0.15) is 18.4 Å². The van der Waals surface area contributed by atoms with Gasteiger partial charge in [-0.1, -0.05) is 30.3 Å². The van der Waals surface area contributed by atoms with E-state index in [1.165, 1.54) is 4.31 Å². The van der Waals surface area contributed by atoms with Crippen molar-refractivity contribution in [1.82, 2.24) is 9.62 Å². The highest BCUT2D eigenvalue weighted by atomic mass is 32.2. The van der Waals surface area contributed by atoms with Crippen molar-refractivity contribution in [1.29, 1.82) is 0 Å². The van der Waals surface area contributed by atoms with E-state index in [2.05, 4.69) is 5.32 Å². The fourth-order valence-electron chi connectivity index (χ4n) is 3.37. The summed E-state index contributed by atoms with van der Waals surface area (Å²) < 4.78 is 31.9. The van der Waals surface area contributed by atoms with E-state index >= 15 is 0 Å². The predicted octanol–water partition coefficient (Wildman–Crippen LogP) is 2.45. The van der Waals surface area contributed by atoms with Crippen LogP contribution < -0.4 is 10.1 Å². The zero-order chi connectivity index (χ0) is 20.0. The van der Waals surface area contributed by atoms with Gasteiger partial charge in [-0.05, 0) is 49.1 Å². The van der Waals surface area contributed by atoms with Gasteiger partial charge in [0.15, 0.2) is 0 Å². The highest BCUT2D eigenvalue weighted by molar-refractivity contribution is 7.89. The molecule has 6 nitrogen and oxygen atoms in total. The van der Waals surface area contributed by atoms with Crippen molar-refractivity contribution in [2.75, 3.05) is 26.7 Å². The molecule has 1 amide bonds. The largest absolute Gasteiger partial charge is 0.497 e. The number of nitrogens with one attached hydrogen (secondary N) is 1. The minimum atomic E-state index is -3.48. The van der Waals surface area contributed by atoms with Crippen molar-refractivity contribution < 1.29 is 17.9 Å². The van der Waals surface area contributed by atoms with E-state index < -0.39 is 10.0 Å². The average Bonchev–Trinajstić information content (AvgIpc) is 2.75. The van der Waals surface area contributed by atoms with Crippen molar-refractivity contribution in [3.05, 3.63) is 60.2 Å². The number of sulfonamides is 1. The maximum atomic E-state index is 12.7. The summed E-state index contributed by atoms with van der Waals surface area (Å²) in [6.45, 7) is 1.30. The lowest BCUT2D eigenvalue weighted by Crippen LogP contribution is -2.43. The van der Waals surface area contributed by atoms with Crippen molar-refractivity contribution >= 4 is 15.9 Å². The third kappa shape index (κ3) is 4.91. The van der Waals surface area contributed by atoms with Crippen LogP contribution in [0.4, 0.5) is 0 Å². The predicted molar refractivity (Wildman–Crippen MR) is 108 cm³/mol. The van der Waals surface area contributed by atoms with Crippen molar-refractivity contribution in [2.24, 2.45) is 5.92 Å². The van der Waals surface area contributed by atoms with Crippen LogP contribution in [-0.4, -0.2) is 45.4 Å². The highest BCUT2D eigenvalue weighted by Crippen LogP contribution is 2.23. The molecule has 1 saturated heterocycles. The van der Waals surface area contributed by atoms with E-state index in [1.807, 2.05) is 24.3 Å². The summed E-state index contributed by atoms with van der Waals surface area (Å²) in [5.74, 6) is 0.674. The molecule has 2 aromatic carbocycles. The second-order valence-corrected chi connectivity index (χ2v) is 8.82. The second kappa shape index (κ2) is 9.21. The van der Waals surface area contributed by atoms with E-state index in [0.29, 0.717) is 37.4 Å². The summed E-state index contributed by atoms with van der Waals surface area (Å²) in [6, 6.07) is 16.2. The molecule has 0 aromatic heterocycles.